The molecule has 0 spiro atoms. The molecule has 2 heterocycles. The fraction of sp³-hybridized carbons (Fsp3) is 0.333. The van der Waals surface area contributed by atoms with Crippen LogP contribution in [0.3, 0.4) is 0 Å². The van der Waals surface area contributed by atoms with Gasteiger partial charge >= 0.3 is 5.97 Å². The zero-order valence-corrected chi connectivity index (χ0v) is 16.9. The van der Waals surface area contributed by atoms with Crippen LogP contribution in [0.15, 0.2) is 34.7 Å². The van der Waals surface area contributed by atoms with E-state index in [1.807, 2.05) is 0 Å². The van der Waals surface area contributed by atoms with Crippen LogP contribution in [0, 0.1) is 11.8 Å². The number of carbonyl (C=O) groups is 4. The predicted molar refractivity (Wildman–Crippen MR) is 110 cm³/mol. The molecule has 0 atom stereocenters. The SMILES string of the molecule is O=C(CC(=O)c1cc2c(o1)C(=O)c1ccccc1C2=O)OCC#CCN1CCCCC1. The highest BCUT2D eigenvalue weighted by Crippen LogP contribution is 2.30. The molecule has 1 fully saturated rings. The van der Waals surface area contributed by atoms with Crippen molar-refractivity contribution in [3.05, 3.63) is 58.5 Å². The van der Waals surface area contributed by atoms with Crippen LogP contribution in [-0.4, -0.2) is 54.5 Å². The Labute approximate surface area is 179 Å². The average Bonchev–Trinajstić information content (AvgIpc) is 3.24. The van der Waals surface area contributed by atoms with Gasteiger partial charge in [0.25, 0.3) is 0 Å². The van der Waals surface area contributed by atoms with Gasteiger partial charge in [-0.3, -0.25) is 24.1 Å². The van der Waals surface area contributed by atoms with Crippen molar-refractivity contribution < 1.29 is 28.3 Å². The molecule has 0 bridgehead atoms. The van der Waals surface area contributed by atoms with Crippen LogP contribution in [-0.2, 0) is 9.53 Å². The lowest BCUT2D eigenvalue weighted by molar-refractivity contribution is -0.141. The summed E-state index contributed by atoms with van der Waals surface area (Å²) in [6, 6.07) is 7.62. The van der Waals surface area contributed by atoms with E-state index in [1.165, 1.54) is 31.4 Å². The first-order valence-electron chi connectivity index (χ1n) is 10.2. The van der Waals surface area contributed by atoms with E-state index in [9.17, 15) is 19.2 Å². The Morgan fingerprint density at radius 2 is 1.68 bits per heavy atom. The van der Waals surface area contributed by atoms with E-state index in [1.54, 1.807) is 18.2 Å². The lowest BCUT2D eigenvalue weighted by Crippen LogP contribution is -2.29. The molecule has 0 N–H and O–H groups in total. The van der Waals surface area contributed by atoms with Gasteiger partial charge in [-0.15, -0.1) is 0 Å². The summed E-state index contributed by atoms with van der Waals surface area (Å²) in [6.07, 6.45) is 3.05. The third-order valence-corrected chi connectivity index (χ3v) is 5.36. The number of nitrogens with zero attached hydrogens (tertiary/aromatic N) is 1. The molecule has 7 nitrogen and oxygen atoms in total. The lowest BCUT2D eigenvalue weighted by atomic mass is 9.88. The second-order valence-corrected chi connectivity index (χ2v) is 7.51. The molecule has 1 aromatic heterocycles. The second-order valence-electron chi connectivity index (χ2n) is 7.51. The van der Waals surface area contributed by atoms with E-state index >= 15 is 0 Å². The number of likely N-dealkylation sites (tertiary alicyclic amines) is 1. The number of rotatable bonds is 5. The van der Waals surface area contributed by atoms with Crippen molar-refractivity contribution in [2.45, 2.75) is 25.7 Å². The Morgan fingerprint density at radius 1 is 0.968 bits per heavy atom. The van der Waals surface area contributed by atoms with Crippen LogP contribution in [0.5, 0.6) is 0 Å². The van der Waals surface area contributed by atoms with Gasteiger partial charge in [0.1, 0.15) is 6.42 Å². The van der Waals surface area contributed by atoms with Gasteiger partial charge in [-0.2, -0.15) is 0 Å². The summed E-state index contributed by atoms with van der Waals surface area (Å²) >= 11 is 0. The third-order valence-electron chi connectivity index (χ3n) is 5.36. The van der Waals surface area contributed by atoms with E-state index in [-0.39, 0.29) is 40.6 Å². The second kappa shape index (κ2) is 9.11. The van der Waals surface area contributed by atoms with Gasteiger partial charge in [-0.1, -0.05) is 42.5 Å². The van der Waals surface area contributed by atoms with Gasteiger partial charge in [0.15, 0.2) is 23.9 Å². The minimum Gasteiger partial charge on any atom is -0.452 e. The molecule has 158 valence electrons. The van der Waals surface area contributed by atoms with Gasteiger partial charge in [-0.05, 0) is 32.0 Å². The molecule has 1 aliphatic heterocycles. The van der Waals surface area contributed by atoms with Gasteiger partial charge in [-0.25, -0.2) is 0 Å². The highest BCUT2D eigenvalue weighted by Gasteiger charge is 2.34. The highest BCUT2D eigenvalue weighted by molar-refractivity contribution is 6.28. The number of hydrogen-bond acceptors (Lipinski definition) is 7. The third kappa shape index (κ3) is 4.49. The highest BCUT2D eigenvalue weighted by atomic mass is 16.5. The molecule has 1 aliphatic carbocycles. The molecule has 31 heavy (non-hydrogen) atoms. The molecule has 2 aromatic rings. The first kappa shape index (κ1) is 20.8. The van der Waals surface area contributed by atoms with E-state index in [0.717, 1.165) is 13.1 Å². The number of esters is 1. The number of fused-ring (bicyclic) bond motifs is 2. The molecule has 1 aromatic carbocycles. The smallest absolute Gasteiger partial charge is 0.314 e. The first-order valence-corrected chi connectivity index (χ1v) is 10.2. The normalized spacial score (nSPS) is 15.5. The maximum absolute atomic E-state index is 12.6. The summed E-state index contributed by atoms with van der Waals surface area (Å²) < 4.78 is 10.3. The molecule has 7 heteroatoms. The Balaban J connectivity index is 1.33. The monoisotopic (exact) mass is 419 g/mol. The topological polar surface area (TPSA) is 93.9 Å². The van der Waals surface area contributed by atoms with Crippen molar-refractivity contribution in [1.82, 2.24) is 4.90 Å². The summed E-state index contributed by atoms with van der Waals surface area (Å²) in [4.78, 5) is 51.7. The largest absolute Gasteiger partial charge is 0.452 e. The maximum Gasteiger partial charge on any atom is 0.314 e. The van der Waals surface area contributed by atoms with Gasteiger partial charge in [0.05, 0.1) is 12.1 Å². The maximum atomic E-state index is 12.6. The van der Waals surface area contributed by atoms with Crippen molar-refractivity contribution in [2.24, 2.45) is 0 Å². The molecule has 0 amide bonds. The summed E-state index contributed by atoms with van der Waals surface area (Å²) in [5.41, 5.74) is 0.530. The molecule has 0 saturated carbocycles. The summed E-state index contributed by atoms with van der Waals surface area (Å²) in [5.74, 6) is 3.10. The molecule has 4 rings (SSSR count). The number of Topliss-reactive ketones (excluding diaryl/α,β-unsaturated/α-hetero) is 1. The number of carbonyl (C=O) groups excluding carboxylic acids is 4. The number of benzene rings is 1. The van der Waals surface area contributed by atoms with Crippen LogP contribution >= 0.6 is 0 Å². The van der Waals surface area contributed by atoms with Gasteiger partial charge in [0, 0.05) is 11.1 Å². The number of furan rings is 1. The minimum absolute atomic E-state index is 0.0315. The fourth-order valence-electron chi connectivity index (χ4n) is 3.73. The Hall–Kier alpha value is -3.50. The van der Waals surface area contributed by atoms with Crippen LogP contribution in [0.2, 0.25) is 0 Å². The van der Waals surface area contributed by atoms with E-state index in [2.05, 4.69) is 16.7 Å². The Kier molecular flexibility index (Phi) is 6.10. The van der Waals surface area contributed by atoms with Crippen molar-refractivity contribution >= 4 is 23.3 Å². The Morgan fingerprint density at radius 3 is 2.42 bits per heavy atom. The number of hydrogen-bond donors (Lipinski definition) is 0. The molecule has 0 unspecified atom stereocenters. The number of ether oxygens (including phenoxy) is 1. The molecule has 0 radical (unpaired) electrons. The number of ketones is 3. The summed E-state index contributed by atoms with van der Waals surface area (Å²) in [7, 11) is 0. The van der Waals surface area contributed by atoms with Crippen molar-refractivity contribution in [3.8, 4) is 11.8 Å². The van der Waals surface area contributed by atoms with Gasteiger partial charge in [0.2, 0.25) is 11.6 Å². The summed E-state index contributed by atoms with van der Waals surface area (Å²) in [5, 5.41) is 0. The molecule has 1 saturated heterocycles. The zero-order chi connectivity index (χ0) is 21.8. The standard InChI is InChI=1S/C24H21NO6/c26-19(15-21(27)30-13-7-6-12-25-10-4-1-5-11-25)20-14-18-22(28)16-8-2-3-9-17(16)23(29)24(18)31-20/h2-3,8-9,14H,1,4-5,10-13,15H2. The molecular formula is C24H21NO6. The van der Waals surface area contributed by atoms with E-state index < -0.39 is 24.0 Å². The first-order chi connectivity index (χ1) is 15.0. The van der Waals surface area contributed by atoms with Gasteiger partial charge < -0.3 is 9.15 Å². The molecule has 2 aliphatic rings. The van der Waals surface area contributed by atoms with Crippen molar-refractivity contribution in [2.75, 3.05) is 26.2 Å². The van der Waals surface area contributed by atoms with Crippen LogP contribution in [0.1, 0.15) is 68.3 Å². The van der Waals surface area contributed by atoms with Crippen molar-refractivity contribution in [1.29, 1.82) is 0 Å². The van der Waals surface area contributed by atoms with Crippen LogP contribution in [0.4, 0.5) is 0 Å². The minimum atomic E-state index is -0.743. The van der Waals surface area contributed by atoms with Crippen LogP contribution in [0.25, 0.3) is 0 Å². The van der Waals surface area contributed by atoms with Crippen molar-refractivity contribution in [3.63, 3.8) is 0 Å². The lowest BCUT2D eigenvalue weighted by Gasteiger charge is -2.23. The summed E-state index contributed by atoms with van der Waals surface area (Å²) in [6.45, 7) is 2.61. The molecular weight excluding hydrogens is 398 g/mol. The van der Waals surface area contributed by atoms with E-state index in [4.69, 9.17) is 9.15 Å². The fourth-order valence-corrected chi connectivity index (χ4v) is 3.73. The predicted octanol–water partition coefficient (Wildman–Crippen LogP) is 2.66. The van der Waals surface area contributed by atoms with E-state index in [0.29, 0.717) is 6.54 Å². The Bertz CT molecular complexity index is 1060. The average molecular weight is 419 g/mol. The quantitative estimate of drug-likeness (QED) is 0.272. The van der Waals surface area contributed by atoms with Crippen LogP contribution < -0.4 is 0 Å². The number of piperidine rings is 1. The zero-order valence-electron chi connectivity index (χ0n) is 16.9.